The second kappa shape index (κ2) is 5.28. The molecule has 0 aromatic heterocycles. The molecule has 0 fully saturated rings. The zero-order valence-electron chi connectivity index (χ0n) is 10.2. The Balaban J connectivity index is 2.28. The number of hydrogen-bond acceptors (Lipinski definition) is 2. The summed E-state index contributed by atoms with van der Waals surface area (Å²) in [5, 5.41) is 3.16. The van der Waals surface area contributed by atoms with E-state index < -0.39 is 11.7 Å². The smallest absolute Gasteiger partial charge is 0.258 e. The van der Waals surface area contributed by atoms with Gasteiger partial charge in [0.2, 0.25) is 0 Å². The highest BCUT2D eigenvalue weighted by atomic mass is 35.5. The van der Waals surface area contributed by atoms with Gasteiger partial charge in [-0.15, -0.1) is 0 Å². The lowest BCUT2D eigenvalue weighted by Gasteiger charge is -2.10. The molecule has 2 aromatic carbocycles. The molecule has 0 spiro atoms. The molecule has 0 atom stereocenters. The van der Waals surface area contributed by atoms with Crippen molar-refractivity contribution in [3.05, 3.63) is 58.4 Å². The minimum absolute atomic E-state index is 0.0615. The lowest BCUT2D eigenvalue weighted by molar-refractivity contribution is 0.102. The van der Waals surface area contributed by atoms with E-state index >= 15 is 0 Å². The van der Waals surface area contributed by atoms with Gasteiger partial charge in [0.25, 0.3) is 5.91 Å². The van der Waals surface area contributed by atoms with Gasteiger partial charge in [-0.1, -0.05) is 17.7 Å². The largest absolute Gasteiger partial charge is 0.399 e. The Labute approximate surface area is 115 Å². The van der Waals surface area contributed by atoms with Crippen molar-refractivity contribution >= 4 is 28.9 Å². The van der Waals surface area contributed by atoms with Crippen LogP contribution >= 0.6 is 11.6 Å². The van der Waals surface area contributed by atoms with Crippen molar-refractivity contribution < 1.29 is 9.18 Å². The Morgan fingerprint density at radius 3 is 2.74 bits per heavy atom. The molecule has 0 radical (unpaired) electrons. The zero-order valence-corrected chi connectivity index (χ0v) is 11.0. The van der Waals surface area contributed by atoms with E-state index in [2.05, 4.69) is 5.32 Å². The van der Waals surface area contributed by atoms with Gasteiger partial charge in [-0.05, 0) is 42.8 Å². The summed E-state index contributed by atoms with van der Waals surface area (Å²) < 4.78 is 13.6. The van der Waals surface area contributed by atoms with Crippen LogP contribution in [0.1, 0.15) is 15.9 Å². The van der Waals surface area contributed by atoms with Crippen molar-refractivity contribution in [1.29, 1.82) is 0 Å². The number of carbonyl (C=O) groups is 1. The molecular weight excluding hydrogens is 267 g/mol. The number of amides is 1. The number of nitrogen functional groups attached to an aromatic ring is 1. The van der Waals surface area contributed by atoms with E-state index in [-0.39, 0.29) is 11.3 Å². The number of nitrogens with two attached hydrogens (primary N) is 1. The fourth-order valence-electron chi connectivity index (χ4n) is 1.65. The SMILES string of the molecule is Cc1c(Cl)cccc1NC(=O)c1ccc(N)cc1F. The molecule has 0 aliphatic carbocycles. The molecule has 5 heteroatoms. The van der Waals surface area contributed by atoms with Gasteiger partial charge in [0.15, 0.2) is 0 Å². The first kappa shape index (κ1) is 13.4. The molecule has 0 saturated heterocycles. The maximum absolute atomic E-state index is 13.6. The molecule has 98 valence electrons. The number of halogens is 2. The molecule has 0 bridgehead atoms. The van der Waals surface area contributed by atoms with Crippen LogP contribution in [0.25, 0.3) is 0 Å². The highest BCUT2D eigenvalue weighted by Crippen LogP contribution is 2.24. The van der Waals surface area contributed by atoms with E-state index in [9.17, 15) is 9.18 Å². The summed E-state index contributed by atoms with van der Waals surface area (Å²) in [7, 11) is 0. The van der Waals surface area contributed by atoms with Crippen LogP contribution in [0.5, 0.6) is 0 Å². The third-order valence-electron chi connectivity index (χ3n) is 2.75. The van der Waals surface area contributed by atoms with Crippen LogP contribution in [0.3, 0.4) is 0 Å². The molecule has 19 heavy (non-hydrogen) atoms. The van der Waals surface area contributed by atoms with E-state index in [0.717, 1.165) is 11.6 Å². The van der Waals surface area contributed by atoms with E-state index in [1.165, 1.54) is 12.1 Å². The minimum atomic E-state index is -0.655. The Morgan fingerprint density at radius 1 is 1.32 bits per heavy atom. The molecule has 3 N–H and O–H groups in total. The van der Waals surface area contributed by atoms with Gasteiger partial charge in [-0.25, -0.2) is 4.39 Å². The first-order valence-corrected chi connectivity index (χ1v) is 5.98. The average Bonchev–Trinajstić information content (AvgIpc) is 2.34. The van der Waals surface area contributed by atoms with E-state index in [1.54, 1.807) is 25.1 Å². The monoisotopic (exact) mass is 278 g/mol. The first-order valence-electron chi connectivity index (χ1n) is 5.60. The lowest BCUT2D eigenvalue weighted by atomic mass is 10.1. The highest BCUT2D eigenvalue weighted by Gasteiger charge is 2.13. The predicted octanol–water partition coefficient (Wildman–Crippen LogP) is 3.62. The molecular formula is C14H12ClFN2O. The molecule has 0 aliphatic heterocycles. The molecule has 3 nitrogen and oxygen atoms in total. The van der Waals surface area contributed by atoms with E-state index in [4.69, 9.17) is 17.3 Å². The summed E-state index contributed by atoms with van der Waals surface area (Å²) in [5.41, 5.74) is 6.92. The Hall–Kier alpha value is -2.07. The standard InChI is InChI=1S/C14H12ClFN2O/c1-8-11(15)3-2-4-13(8)18-14(19)10-6-5-9(17)7-12(10)16/h2-7H,17H2,1H3,(H,18,19). The number of nitrogens with one attached hydrogen (secondary N) is 1. The summed E-state index contributed by atoms with van der Waals surface area (Å²) in [6.07, 6.45) is 0. The number of hydrogen-bond donors (Lipinski definition) is 2. The summed E-state index contributed by atoms with van der Waals surface area (Å²) in [4.78, 5) is 12.0. The molecule has 0 heterocycles. The number of carbonyl (C=O) groups excluding carboxylic acids is 1. The third-order valence-corrected chi connectivity index (χ3v) is 3.16. The summed E-state index contributed by atoms with van der Waals surface area (Å²) >= 11 is 5.95. The average molecular weight is 279 g/mol. The fourth-order valence-corrected chi connectivity index (χ4v) is 1.82. The molecule has 0 aliphatic rings. The summed E-state index contributed by atoms with van der Waals surface area (Å²) in [6.45, 7) is 1.78. The number of anilines is 2. The van der Waals surface area contributed by atoms with Crippen LogP contribution in [0.15, 0.2) is 36.4 Å². The predicted molar refractivity (Wildman–Crippen MR) is 75.0 cm³/mol. The normalized spacial score (nSPS) is 10.3. The molecule has 2 aromatic rings. The molecule has 1 amide bonds. The van der Waals surface area contributed by atoms with Gasteiger partial charge in [0.1, 0.15) is 5.82 Å². The summed E-state index contributed by atoms with van der Waals surface area (Å²) in [6, 6.07) is 9.07. The molecule has 0 saturated carbocycles. The van der Waals surface area contributed by atoms with Crippen LogP contribution in [0.4, 0.5) is 15.8 Å². The van der Waals surface area contributed by atoms with E-state index in [1.807, 2.05) is 0 Å². The van der Waals surface area contributed by atoms with Crippen molar-refractivity contribution in [2.75, 3.05) is 11.1 Å². The maximum Gasteiger partial charge on any atom is 0.258 e. The van der Waals surface area contributed by atoms with E-state index in [0.29, 0.717) is 10.7 Å². The molecule has 0 unspecified atom stereocenters. The van der Waals surface area contributed by atoms with Crippen molar-refractivity contribution in [2.45, 2.75) is 6.92 Å². The topological polar surface area (TPSA) is 55.1 Å². The van der Waals surface area contributed by atoms with Crippen LogP contribution in [-0.2, 0) is 0 Å². The van der Waals surface area contributed by atoms with Gasteiger partial charge in [0, 0.05) is 16.4 Å². The van der Waals surface area contributed by atoms with Crippen LogP contribution in [-0.4, -0.2) is 5.91 Å². The van der Waals surface area contributed by atoms with Crippen LogP contribution in [0, 0.1) is 12.7 Å². The number of benzene rings is 2. The second-order valence-electron chi connectivity index (χ2n) is 4.11. The maximum atomic E-state index is 13.6. The van der Waals surface area contributed by atoms with Gasteiger partial charge in [-0.3, -0.25) is 4.79 Å². The van der Waals surface area contributed by atoms with Crippen LogP contribution in [0.2, 0.25) is 5.02 Å². The van der Waals surface area contributed by atoms with Crippen molar-refractivity contribution in [2.24, 2.45) is 0 Å². The van der Waals surface area contributed by atoms with Crippen molar-refractivity contribution in [1.82, 2.24) is 0 Å². The quantitative estimate of drug-likeness (QED) is 0.824. The van der Waals surface area contributed by atoms with Gasteiger partial charge >= 0.3 is 0 Å². The van der Waals surface area contributed by atoms with Crippen LogP contribution < -0.4 is 11.1 Å². The van der Waals surface area contributed by atoms with Gasteiger partial charge < -0.3 is 11.1 Å². The minimum Gasteiger partial charge on any atom is -0.399 e. The Bertz CT molecular complexity index is 643. The van der Waals surface area contributed by atoms with Crippen molar-refractivity contribution in [3.8, 4) is 0 Å². The Kier molecular flexibility index (Phi) is 3.71. The highest BCUT2D eigenvalue weighted by molar-refractivity contribution is 6.31. The van der Waals surface area contributed by atoms with Gasteiger partial charge in [0.05, 0.1) is 5.56 Å². The zero-order chi connectivity index (χ0) is 14.0. The Morgan fingerprint density at radius 2 is 2.05 bits per heavy atom. The number of rotatable bonds is 2. The fraction of sp³-hybridized carbons (Fsp3) is 0.0714. The summed E-state index contributed by atoms with van der Waals surface area (Å²) in [5.74, 6) is -1.19. The van der Waals surface area contributed by atoms with Crippen molar-refractivity contribution in [3.63, 3.8) is 0 Å². The third kappa shape index (κ3) is 2.85. The second-order valence-corrected chi connectivity index (χ2v) is 4.51. The molecule has 2 rings (SSSR count). The lowest BCUT2D eigenvalue weighted by Crippen LogP contribution is -2.14. The van der Waals surface area contributed by atoms with Gasteiger partial charge in [-0.2, -0.15) is 0 Å². The first-order chi connectivity index (χ1) is 8.99.